The van der Waals surface area contributed by atoms with Crippen LogP contribution in [0.2, 0.25) is 0 Å². The Hall–Kier alpha value is -2.75. The van der Waals surface area contributed by atoms with Gasteiger partial charge in [0.1, 0.15) is 5.69 Å². The Morgan fingerprint density at radius 3 is 2.96 bits per heavy atom. The molecule has 0 fully saturated rings. The highest BCUT2D eigenvalue weighted by atomic mass is 32.2. The molecule has 3 N–H and O–H groups in total. The van der Waals surface area contributed by atoms with E-state index in [1.54, 1.807) is 13.0 Å². The molecule has 0 unspecified atom stereocenters. The minimum Gasteiger partial charge on any atom is -0.454 e. The van der Waals surface area contributed by atoms with Gasteiger partial charge in [0.05, 0.1) is 5.25 Å². The fraction of sp³-hybridized carbons (Fsp3) is 0.333. The lowest BCUT2D eigenvalue weighted by Crippen LogP contribution is -2.35. The minimum absolute atomic E-state index is 0.182. The smallest absolute Gasteiger partial charge is 0.294 e. The van der Waals surface area contributed by atoms with Crippen LogP contribution in [0, 0.1) is 6.92 Å². The van der Waals surface area contributed by atoms with Crippen molar-refractivity contribution in [2.24, 2.45) is 0 Å². The Labute approximate surface area is 147 Å². The number of rotatable bonds is 5. The van der Waals surface area contributed by atoms with Crippen molar-refractivity contribution in [3.05, 3.63) is 39.8 Å². The van der Waals surface area contributed by atoms with Gasteiger partial charge in [-0.15, -0.1) is 10.2 Å². The molecule has 2 aromatic rings. The molecule has 1 aliphatic rings. The number of nitrogen functional groups attached to an aromatic ring is 1. The maximum Gasteiger partial charge on any atom is 0.294 e. The number of aromatic nitrogens is 3. The number of carbonyl (C=O) groups excluding carboxylic acids is 1. The number of amides is 1. The Morgan fingerprint density at radius 1 is 1.40 bits per heavy atom. The van der Waals surface area contributed by atoms with Crippen LogP contribution in [0.1, 0.15) is 18.2 Å². The zero-order valence-electron chi connectivity index (χ0n) is 13.7. The Bertz CT molecular complexity index is 869. The van der Waals surface area contributed by atoms with Crippen LogP contribution in [-0.4, -0.2) is 32.8 Å². The van der Waals surface area contributed by atoms with Gasteiger partial charge in [-0.25, -0.2) is 0 Å². The normalized spacial score (nSPS) is 13.5. The summed E-state index contributed by atoms with van der Waals surface area (Å²) >= 11 is 1.06. The minimum atomic E-state index is -0.500. The lowest BCUT2D eigenvalue weighted by Gasteiger charge is -2.13. The molecular formula is C15H17N5O4S. The first-order chi connectivity index (χ1) is 12.0. The topological polar surface area (TPSA) is 121 Å². The predicted octanol–water partition coefficient (Wildman–Crippen LogP) is 0.186. The average molecular weight is 363 g/mol. The molecule has 25 heavy (non-hydrogen) atoms. The number of thioether (sulfide) groups is 1. The summed E-state index contributed by atoms with van der Waals surface area (Å²) in [5.74, 6) is 6.82. The molecule has 1 amide bonds. The largest absolute Gasteiger partial charge is 0.454 e. The third-order valence-corrected chi connectivity index (χ3v) is 4.63. The molecule has 1 aromatic carbocycles. The molecule has 2 heterocycles. The maximum absolute atomic E-state index is 12.3. The van der Waals surface area contributed by atoms with Gasteiger partial charge >= 0.3 is 0 Å². The van der Waals surface area contributed by atoms with E-state index in [4.69, 9.17) is 15.3 Å². The van der Waals surface area contributed by atoms with Gasteiger partial charge < -0.3 is 20.6 Å². The van der Waals surface area contributed by atoms with Gasteiger partial charge in [-0.1, -0.05) is 17.8 Å². The standard InChI is InChI=1S/C15H17N5O4S/c1-8-14(22)20(16)15(19-18-8)25-9(2)13(21)17-6-10-3-4-11-12(5-10)24-7-23-11/h3-5,9H,6-7,16H2,1-2H3,(H,17,21)/t9-/m0/s1. The van der Waals surface area contributed by atoms with E-state index in [2.05, 4.69) is 15.5 Å². The van der Waals surface area contributed by atoms with Crippen LogP contribution in [0.15, 0.2) is 28.2 Å². The SMILES string of the molecule is Cc1nnc(S[C@@H](C)C(=O)NCc2ccc3c(c2)OCO3)n(N)c1=O. The molecule has 0 radical (unpaired) electrons. The average Bonchev–Trinajstić information content (AvgIpc) is 3.07. The Kier molecular flexibility index (Phi) is 4.79. The molecule has 9 nitrogen and oxygen atoms in total. The van der Waals surface area contributed by atoms with E-state index in [9.17, 15) is 9.59 Å². The highest BCUT2D eigenvalue weighted by Crippen LogP contribution is 2.32. The van der Waals surface area contributed by atoms with Crippen LogP contribution in [0.5, 0.6) is 11.5 Å². The molecule has 132 valence electrons. The van der Waals surface area contributed by atoms with Crippen molar-refractivity contribution in [1.29, 1.82) is 0 Å². The fourth-order valence-electron chi connectivity index (χ4n) is 2.15. The lowest BCUT2D eigenvalue weighted by atomic mass is 10.2. The summed E-state index contributed by atoms with van der Waals surface area (Å²) in [5.41, 5.74) is 0.651. The quantitative estimate of drug-likeness (QED) is 0.570. The van der Waals surface area contributed by atoms with Crippen LogP contribution < -0.4 is 26.2 Å². The van der Waals surface area contributed by atoms with Gasteiger partial charge in [-0.05, 0) is 31.5 Å². The zero-order chi connectivity index (χ0) is 18.0. The molecule has 1 aromatic heterocycles. The molecule has 10 heteroatoms. The van der Waals surface area contributed by atoms with Crippen LogP contribution in [-0.2, 0) is 11.3 Å². The fourth-order valence-corrected chi connectivity index (χ4v) is 2.94. The van der Waals surface area contributed by atoms with Crippen molar-refractivity contribution in [3.63, 3.8) is 0 Å². The van der Waals surface area contributed by atoms with Crippen molar-refractivity contribution in [3.8, 4) is 11.5 Å². The summed E-state index contributed by atoms with van der Waals surface area (Å²) in [6.07, 6.45) is 0. The summed E-state index contributed by atoms with van der Waals surface area (Å²) in [4.78, 5) is 24.0. The lowest BCUT2D eigenvalue weighted by molar-refractivity contribution is -0.120. The van der Waals surface area contributed by atoms with Crippen LogP contribution in [0.3, 0.4) is 0 Å². The second-order valence-corrected chi connectivity index (χ2v) is 6.72. The summed E-state index contributed by atoms with van der Waals surface area (Å²) < 4.78 is 11.5. The van der Waals surface area contributed by atoms with Crippen molar-refractivity contribution in [1.82, 2.24) is 20.2 Å². The van der Waals surface area contributed by atoms with Gasteiger partial charge in [0, 0.05) is 6.54 Å². The Morgan fingerprint density at radius 2 is 2.16 bits per heavy atom. The molecule has 0 bridgehead atoms. The number of hydrogen-bond donors (Lipinski definition) is 2. The number of ether oxygens (including phenoxy) is 2. The summed E-state index contributed by atoms with van der Waals surface area (Å²) in [6.45, 7) is 3.77. The van der Waals surface area contributed by atoms with Gasteiger partial charge in [0.25, 0.3) is 5.56 Å². The molecule has 0 aliphatic carbocycles. The number of aryl methyl sites for hydroxylation is 1. The molecule has 0 spiro atoms. The Balaban J connectivity index is 1.60. The maximum atomic E-state index is 12.3. The number of nitrogens with one attached hydrogen (secondary N) is 1. The first kappa shape index (κ1) is 17.1. The summed E-state index contributed by atoms with van der Waals surface area (Å²) in [6, 6.07) is 5.48. The van der Waals surface area contributed by atoms with E-state index in [-0.39, 0.29) is 23.6 Å². The zero-order valence-corrected chi connectivity index (χ0v) is 14.5. The van der Waals surface area contributed by atoms with Crippen molar-refractivity contribution < 1.29 is 14.3 Å². The third-order valence-electron chi connectivity index (χ3n) is 3.58. The van der Waals surface area contributed by atoms with Crippen LogP contribution in [0.25, 0.3) is 0 Å². The van der Waals surface area contributed by atoms with E-state index in [1.165, 1.54) is 6.92 Å². The highest BCUT2D eigenvalue weighted by molar-refractivity contribution is 8.00. The molecule has 1 aliphatic heterocycles. The third kappa shape index (κ3) is 3.68. The summed E-state index contributed by atoms with van der Waals surface area (Å²) in [5, 5.41) is 10.1. The summed E-state index contributed by atoms with van der Waals surface area (Å²) in [7, 11) is 0. The number of nitrogens with zero attached hydrogens (tertiary/aromatic N) is 3. The van der Waals surface area contributed by atoms with Crippen molar-refractivity contribution in [2.75, 3.05) is 12.6 Å². The van der Waals surface area contributed by atoms with E-state index in [0.717, 1.165) is 22.0 Å². The van der Waals surface area contributed by atoms with E-state index in [0.29, 0.717) is 18.0 Å². The second kappa shape index (κ2) is 7.01. The molecular weight excluding hydrogens is 346 g/mol. The van der Waals surface area contributed by atoms with E-state index in [1.807, 2.05) is 12.1 Å². The van der Waals surface area contributed by atoms with Gasteiger partial charge in [0.2, 0.25) is 17.9 Å². The molecule has 0 saturated heterocycles. The van der Waals surface area contributed by atoms with E-state index < -0.39 is 10.8 Å². The number of nitrogens with two attached hydrogens (primary N) is 1. The number of fused-ring (bicyclic) bond motifs is 1. The van der Waals surface area contributed by atoms with Gasteiger partial charge in [0.15, 0.2) is 11.5 Å². The van der Waals surface area contributed by atoms with E-state index >= 15 is 0 Å². The molecule has 3 rings (SSSR count). The predicted molar refractivity (Wildman–Crippen MR) is 90.9 cm³/mol. The number of hydrogen-bond acceptors (Lipinski definition) is 8. The first-order valence-electron chi connectivity index (χ1n) is 7.50. The van der Waals surface area contributed by atoms with Crippen molar-refractivity contribution >= 4 is 17.7 Å². The number of benzene rings is 1. The molecule has 0 saturated carbocycles. The van der Waals surface area contributed by atoms with Crippen LogP contribution in [0.4, 0.5) is 0 Å². The second-order valence-electron chi connectivity index (χ2n) is 5.41. The first-order valence-corrected chi connectivity index (χ1v) is 8.38. The highest BCUT2D eigenvalue weighted by Gasteiger charge is 2.19. The number of carbonyl (C=O) groups is 1. The monoisotopic (exact) mass is 363 g/mol. The van der Waals surface area contributed by atoms with Crippen LogP contribution >= 0.6 is 11.8 Å². The van der Waals surface area contributed by atoms with Gasteiger partial charge in [-0.3, -0.25) is 9.59 Å². The van der Waals surface area contributed by atoms with Gasteiger partial charge in [-0.2, -0.15) is 4.68 Å². The molecule has 1 atom stereocenters. The van der Waals surface area contributed by atoms with Crippen molar-refractivity contribution in [2.45, 2.75) is 30.8 Å².